The molecule has 5 saturated heterocycles. The van der Waals surface area contributed by atoms with Gasteiger partial charge in [-0.05, 0) is 19.3 Å². The molecule has 0 aromatic heterocycles. The average Bonchev–Trinajstić information content (AvgIpc) is 0.776. The quantitative estimate of drug-likeness (QED) is 0.0256. The molecule has 0 aromatic rings. The molecule has 3 amide bonds. The van der Waals surface area contributed by atoms with Gasteiger partial charge in [-0.2, -0.15) is 0 Å². The maximum Gasteiger partial charge on any atom is 0.220 e. The fourth-order valence-electron chi connectivity index (χ4n) is 13.3. The van der Waals surface area contributed by atoms with Crippen LogP contribution in [0, 0.1) is 0 Å². The Morgan fingerprint density at radius 2 is 0.758 bits per heavy atom. The highest BCUT2D eigenvalue weighted by molar-refractivity contribution is 5.76. The minimum Gasteiger partial charge on any atom is -0.394 e. The zero-order valence-electron chi connectivity index (χ0n) is 58.4. The molecular weight excluding hydrogens is 1310 g/mol. The van der Waals surface area contributed by atoms with Crippen molar-refractivity contribution in [2.75, 3.05) is 39.6 Å². The van der Waals surface area contributed by atoms with Crippen LogP contribution in [-0.2, 0) is 61.8 Å². The highest BCUT2D eigenvalue weighted by atomic mass is 16.8. The molecule has 0 radical (unpaired) electrons. The SMILES string of the molecule is CCCCCCCCCCCCC/C=C/[C@@H](O)[C@H](CO[C@@H]1OC(CO)[C@@H](O[C@@H]2OC(CO)[C@H](O[C@@H]3OC(CO)[C@H](O)[C@H](O[C@@H]4OC(CO)[C@H](O)[C@H](O[C@@H]5OC(CO)[C@H](O)[C@H](O)C5NC(C)=O)C4O)C3NC(C)=O)[C@H](O)C2O)[C@H](O)C1O)NC(=O)CCCCCCCCCCCCCCC. The fraction of sp³-hybridized carbons (Fsp3) is 0.926. The van der Waals surface area contributed by atoms with Gasteiger partial charge in [-0.15, -0.1) is 0 Å². The molecule has 10 unspecified atom stereocenters. The van der Waals surface area contributed by atoms with Gasteiger partial charge < -0.3 is 140 Å². The zero-order valence-corrected chi connectivity index (χ0v) is 58.4. The lowest BCUT2D eigenvalue weighted by Gasteiger charge is -2.50. The summed E-state index contributed by atoms with van der Waals surface area (Å²) in [6.45, 7) is 1.36. The molecule has 0 saturated carbocycles. The number of ether oxygens (including phenoxy) is 10. The molecule has 0 aromatic carbocycles. The number of aliphatic hydroxyl groups excluding tert-OH is 15. The van der Waals surface area contributed by atoms with Crippen molar-refractivity contribution >= 4 is 17.7 Å². The van der Waals surface area contributed by atoms with Gasteiger partial charge in [0.25, 0.3) is 0 Å². The predicted octanol–water partition coefficient (Wildman–Crippen LogP) is -1.03. The number of hydrogen-bond acceptors (Lipinski definition) is 28. The Balaban J connectivity index is 1.23. The molecule has 0 aliphatic carbocycles. The van der Waals surface area contributed by atoms with E-state index in [0.29, 0.717) is 12.8 Å². The molecule has 578 valence electrons. The third-order valence-corrected chi connectivity index (χ3v) is 19.1. The maximum atomic E-state index is 13.4. The molecule has 5 heterocycles. The molecule has 5 aliphatic heterocycles. The second-order valence-corrected chi connectivity index (χ2v) is 27.1. The van der Waals surface area contributed by atoms with E-state index in [4.69, 9.17) is 47.4 Å². The first-order chi connectivity index (χ1) is 47.6. The average molecular weight is 1430 g/mol. The molecule has 5 aliphatic rings. The van der Waals surface area contributed by atoms with Crippen LogP contribution in [0.5, 0.6) is 0 Å². The van der Waals surface area contributed by atoms with Crippen LogP contribution in [0.2, 0.25) is 0 Å². The van der Waals surface area contributed by atoms with E-state index in [1.807, 2.05) is 6.08 Å². The number of carbonyl (C=O) groups excluding carboxylic acids is 3. The number of nitrogens with one attached hydrogen (secondary N) is 3. The monoisotopic (exact) mass is 1430 g/mol. The van der Waals surface area contributed by atoms with Gasteiger partial charge in [0.05, 0.1) is 51.8 Å². The van der Waals surface area contributed by atoms with Crippen molar-refractivity contribution < 1.29 is 138 Å². The van der Waals surface area contributed by atoms with Crippen LogP contribution in [0.4, 0.5) is 0 Å². The van der Waals surface area contributed by atoms with Gasteiger partial charge in [0.1, 0.15) is 122 Å². The summed E-state index contributed by atoms with van der Waals surface area (Å²) >= 11 is 0. The van der Waals surface area contributed by atoms with E-state index < -0.39 is 217 Å². The summed E-state index contributed by atoms with van der Waals surface area (Å²) in [7, 11) is 0. The second-order valence-electron chi connectivity index (χ2n) is 27.1. The first-order valence-electron chi connectivity index (χ1n) is 36.5. The third-order valence-electron chi connectivity index (χ3n) is 19.1. The molecule has 27 atom stereocenters. The van der Waals surface area contributed by atoms with Gasteiger partial charge in [-0.1, -0.05) is 167 Å². The number of aliphatic hydroxyl groups is 15. The van der Waals surface area contributed by atoms with Crippen LogP contribution in [0.25, 0.3) is 0 Å². The Morgan fingerprint density at radius 3 is 1.24 bits per heavy atom. The topological polar surface area (TPSA) is 483 Å². The van der Waals surface area contributed by atoms with E-state index in [2.05, 4.69) is 29.8 Å². The lowest BCUT2D eigenvalue weighted by Crippen LogP contribution is -2.70. The van der Waals surface area contributed by atoms with Crippen molar-refractivity contribution in [3.8, 4) is 0 Å². The van der Waals surface area contributed by atoms with Crippen molar-refractivity contribution in [3.05, 3.63) is 12.2 Å². The van der Waals surface area contributed by atoms with E-state index in [1.54, 1.807) is 6.08 Å². The molecule has 0 spiro atoms. The molecule has 0 bridgehead atoms. The number of rotatable bonds is 47. The highest BCUT2D eigenvalue weighted by Gasteiger charge is 2.57. The Morgan fingerprint density at radius 1 is 0.394 bits per heavy atom. The van der Waals surface area contributed by atoms with Crippen LogP contribution in [0.3, 0.4) is 0 Å². The Hall–Kier alpha value is -2.85. The first kappa shape index (κ1) is 86.8. The molecule has 5 fully saturated rings. The van der Waals surface area contributed by atoms with E-state index in [-0.39, 0.29) is 12.3 Å². The number of unbranched alkanes of at least 4 members (excludes halogenated alkanes) is 23. The lowest BCUT2D eigenvalue weighted by molar-refractivity contribution is -0.383. The summed E-state index contributed by atoms with van der Waals surface area (Å²) < 4.78 is 59.0. The van der Waals surface area contributed by atoms with E-state index in [1.165, 1.54) is 103 Å². The first-order valence-corrected chi connectivity index (χ1v) is 36.5. The minimum atomic E-state index is -2.17. The molecule has 31 nitrogen and oxygen atoms in total. The molecule has 99 heavy (non-hydrogen) atoms. The lowest BCUT2D eigenvalue weighted by atomic mass is 9.94. The molecule has 18 N–H and O–H groups in total. The molecule has 31 heteroatoms. The van der Waals surface area contributed by atoms with Gasteiger partial charge in [0, 0.05) is 20.3 Å². The Kier molecular flexibility index (Phi) is 41.1. The van der Waals surface area contributed by atoms with Crippen molar-refractivity contribution in [1.29, 1.82) is 0 Å². The number of amides is 3. The smallest absolute Gasteiger partial charge is 0.220 e. The van der Waals surface area contributed by atoms with Gasteiger partial charge in [-0.3, -0.25) is 14.4 Å². The highest BCUT2D eigenvalue weighted by Crippen LogP contribution is 2.37. The number of hydrogen-bond donors (Lipinski definition) is 18. The Labute approximate surface area is 582 Å². The zero-order chi connectivity index (χ0) is 72.6. The fourth-order valence-corrected chi connectivity index (χ4v) is 13.3. The molecular formula is C68H123N3O28. The van der Waals surface area contributed by atoms with Crippen molar-refractivity contribution in [2.24, 2.45) is 0 Å². The number of carbonyl (C=O) groups is 3. The largest absolute Gasteiger partial charge is 0.394 e. The summed E-state index contributed by atoms with van der Waals surface area (Å²) in [5.41, 5.74) is 0. The van der Waals surface area contributed by atoms with Gasteiger partial charge in [-0.25, -0.2) is 0 Å². The Bertz CT molecular complexity index is 2230. The standard InChI is InChI=1S/C68H123N3O28/c1-5-7-9-11-13-15-17-19-21-23-25-27-29-31-42(79)41(71-48(80)32-30-28-26-24-22-20-18-16-14-12-10-8-6-2)38-90-66-57(87)55(85)61(46(36-75)94-66)97-67-58(88)56(86)60(47(37-76)95-67)96-65-50(70-40(4)78)62(52(82)44(34-73)92-65)98-68-59(89)63(53(83)45(35-74)93-68)99-64-49(69-39(3)77)54(84)51(81)43(33-72)91-64/h29,31,41-47,49-68,72-76,79,81-89H,5-28,30,32-38H2,1-4H3,(H,69,77)(H,70,78)(H,71,80)/b31-29+/t41-,42+,43?,44?,45?,46?,47?,49?,50?,51-,52-,53-,54+,55+,56+,57?,58?,59?,60-,61+,62+,63-,64-,65-,66+,67-,68-/m0/s1. The maximum absolute atomic E-state index is 13.4. The molecule has 5 rings (SSSR count). The summed E-state index contributed by atoms with van der Waals surface area (Å²) in [6, 6.07) is -4.37. The van der Waals surface area contributed by atoms with Crippen LogP contribution in [0.1, 0.15) is 195 Å². The number of allylic oxidation sites excluding steroid dienone is 1. The van der Waals surface area contributed by atoms with Crippen LogP contribution >= 0.6 is 0 Å². The van der Waals surface area contributed by atoms with Gasteiger partial charge in [0.2, 0.25) is 17.7 Å². The van der Waals surface area contributed by atoms with Crippen LogP contribution in [-0.4, -0.2) is 300 Å². The predicted molar refractivity (Wildman–Crippen MR) is 352 cm³/mol. The van der Waals surface area contributed by atoms with Crippen molar-refractivity contribution in [1.82, 2.24) is 16.0 Å². The van der Waals surface area contributed by atoms with Crippen molar-refractivity contribution in [3.63, 3.8) is 0 Å². The van der Waals surface area contributed by atoms with E-state index in [9.17, 15) is 91.0 Å². The summed E-state index contributed by atoms with van der Waals surface area (Å²) in [5, 5.41) is 174. The minimum absolute atomic E-state index is 0.194. The second kappa shape index (κ2) is 46.9. The van der Waals surface area contributed by atoms with Crippen LogP contribution in [0.15, 0.2) is 12.2 Å². The van der Waals surface area contributed by atoms with E-state index in [0.717, 1.165) is 58.8 Å². The van der Waals surface area contributed by atoms with Crippen LogP contribution < -0.4 is 16.0 Å². The summed E-state index contributed by atoms with van der Waals surface area (Å²) in [5.74, 6) is -1.90. The normalized spacial score (nSPS) is 35.8. The third kappa shape index (κ3) is 27.2. The van der Waals surface area contributed by atoms with E-state index >= 15 is 0 Å². The van der Waals surface area contributed by atoms with Crippen molar-refractivity contribution in [2.45, 2.75) is 360 Å². The van der Waals surface area contributed by atoms with Gasteiger partial charge in [0.15, 0.2) is 31.5 Å². The summed E-state index contributed by atoms with van der Waals surface area (Å²) in [4.78, 5) is 38.5. The van der Waals surface area contributed by atoms with Gasteiger partial charge >= 0.3 is 0 Å². The summed E-state index contributed by atoms with van der Waals surface area (Å²) in [6.07, 6.45) is -12.1.